The molecule has 0 radical (unpaired) electrons. The number of nitrogens with zero attached hydrogens (tertiary/aromatic N) is 2. The summed E-state index contributed by atoms with van der Waals surface area (Å²) >= 11 is 0. The van der Waals surface area contributed by atoms with Crippen LogP contribution < -0.4 is 14.2 Å². The Morgan fingerprint density at radius 1 is 1.00 bits per heavy atom. The van der Waals surface area contributed by atoms with E-state index in [9.17, 15) is 10.2 Å². The maximum atomic E-state index is 13.0. The quantitative estimate of drug-likeness (QED) is 0.479. The van der Waals surface area contributed by atoms with Crippen LogP contribution in [-0.2, 0) is 21.4 Å². The van der Waals surface area contributed by atoms with Gasteiger partial charge >= 0.3 is 0 Å². The summed E-state index contributed by atoms with van der Waals surface area (Å²) in [7, 11) is 6.96. The predicted octanol–water partition coefficient (Wildman–Crippen LogP) is 3.20. The highest BCUT2D eigenvalue weighted by atomic mass is 16.5. The molecular formula is C31H36N2O6. The van der Waals surface area contributed by atoms with E-state index >= 15 is 0 Å². The van der Waals surface area contributed by atoms with Crippen molar-refractivity contribution in [1.29, 1.82) is 0 Å². The summed E-state index contributed by atoms with van der Waals surface area (Å²) in [5.41, 5.74) is -0.0447. The van der Waals surface area contributed by atoms with Crippen molar-refractivity contribution < 1.29 is 29.2 Å². The maximum absolute atomic E-state index is 13.0. The van der Waals surface area contributed by atoms with Gasteiger partial charge in [-0.1, -0.05) is 61.5 Å². The highest BCUT2D eigenvalue weighted by Crippen LogP contribution is 2.70. The first-order valence-electron chi connectivity index (χ1n) is 13.3. The molecule has 2 aromatic carbocycles. The number of aromatic nitrogens is 1. The van der Waals surface area contributed by atoms with Crippen LogP contribution in [0.3, 0.4) is 0 Å². The fourth-order valence-corrected chi connectivity index (χ4v) is 6.98. The summed E-state index contributed by atoms with van der Waals surface area (Å²) in [6, 6.07) is 19.9. The summed E-state index contributed by atoms with van der Waals surface area (Å²) < 4.78 is 23.6. The van der Waals surface area contributed by atoms with Crippen LogP contribution in [0.4, 0.5) is 0 Å². The summed E-state index contributed by atoms with van der Waals surface area (Å²) in [4.78, 5) is 6.51. The smallest absolute Gasteiger partial charge is 0.226 e. The minimum atomic E-state index is -1.86. The molecule has 1 saturated carbocycles. The number of benzene rings is 2. The van der Waals surface area contributed by atoms with E-state index in [0.29, 0.717) is 37.0 Å². The number of aliphatic hydroxyl groups excluding tert-OH is 1. The highest BCUT2D eigenvalue weighted by Gasteiger charge is 2.77. The third-order valence-corrected chi connectivity index (χ3v) is 8.83. The van der Waals surface area contributed by atoms with Gasteiger partial charge in [0, 0.05) is 29.9 Å². The van der Waals surface area contributed by atoms with E-state index in [1.54, 1.807) is 6.07 Å². The third-order valence-electron chi connectivity index (χ3n) is 8.83. The van der Waals surface area contributed by atoms with Gasteiger partial charge in [-0.25, -0.2) is 0 Å². The molecule has 0 bridgehead atoms. The Morgan fingerprint density at radius 3 is 2.23 bits per heavy atom. The molecule has 1 saturated heterocycles. The van der Waals surface area contributed by atoms with Crippen molar-refractivity contribution in [3.63, 3.8) is 0 Å². The third kappa shape index (κ3) is 3.55. The minimum absolute atomic E-state index is 0.0476. The molecule has 2 fully saturated rings. The number of hydrogen-bond donors (Lipinski definition) is 2. The van der Waals surface area contributed by atoms with Crippen LogP contribution in [-0.4, -0.2) is 74.3 Å². The van der Waals surface area contributed by atoms with Crippen molar-refractivity contribution in [1.82, 2.24) is 9.88 Å². The van der Waals surface area contributed by atoms with E-state index in [1.165, 1.54) is 14.2 Å². The second kappa shape index (κ2) is 9.20. The molecule has 2 N–H and O–H groups in total. The van der Waals surface area contributed by atoms with Crippen molar-refractivity contribution >= 4 is 0 Å². The van der Waals surface area contributed by atoms with Crippen molar-refractivity contribution in [2.45, 2.75) is 35.6 Å². The molecule has 8 heteroatoms. The number of methoxy groups -OCH3 is 2. The van der Waals surface area contributed by atoms with Crippen LogP contribution in [0.5, 0.6) is 17.5 Å². The van der Waals surface area contributed by atoms with Crippen molar-refractivity contribution in [3.8, 4) is 17.5 Å². The van der Waals surface area contributed by atoms with Gasteiger partial charge < -0.3 is 34.1 Å². The first kappa shape index (κ1) is 26.1. The molecule has 0 unspecified atom stereocenters. The second-order valence-corrected chi connectivity index (χ2v) is 11.5. The number of rotatable bonds is 7. The second-order valence-electron chi connectivity index (χ2n) is 11.5. The van der Waals surface area contributed by atoms with Gasteiger partial charge in [0.25, 0.3) is 0 Å². The normalized spacial score (nSPS) is 30.3. The van der Waals surface area contributed by atoms with E-state index in [1.807, 2.05) is 61.5 Å². The van der Waals surface area contributed by atoms with E-state index in [4.69, 9.17) is 18.9 Å². The van der Waals surface area contributed by atoms with Gasteiger partial charge in [-0.3, -0.25) is 0 Å². The summed E-state index contributed by atoms with van der Waals surface area (Å²) in [6.45, 7) is 4.05. The van der Waals surface area contributed by atoms with Crippen LogP contribution in [0.1, 0.15) is 35.1 Å². The van der Waals surface area contributed by atoms with Crippen LogP contribution in [0.25, 0.3) is 0 Å². The van der Waals surface area contributed by atoms with Crippen molar-refractivity contribution in [2.75, 3.05) is 48.1 Å². The number of fused-ring (bicyclic) bond motifs is 3. The average molecular weight is 533 g/mol. The van der Waals surface area contributed by atoms with Gasteiger partial charge in [-0.2, -0.15) is 4.98 Å². The number of aliphatic hydroxyl groups is 2. The van der Waals surface area contributed by atoms with Gasteiger partial charge in [-0.15, -0.1) is 0 Å². The molecule has 8 nitrogen and oxygen atoms in total. The fourth-order valence-electron chi connectivity index (χ4n) is 6.98. The molecule has 0 spiro atoms. The lowest BCUT2D eigenvalue weighted by Crippen LogP contribution is -2.52. The van der Waals surface area contributed by atoms with Gasteiger partial charge in [0.2, 0.25) is 11.8 Å². The summed E-state index contributed by atoms with van der Waals surface area (Å²) in [5.74, 6) is 0.0733. The van der Waals surface area contributed by atoms with Crippen LogP contribution in [0.15, 0.2) is 60.7 Å². The van der Waals surface area contributed by atoms with Crippen LogP contribution >= 0.6 is 0 Å². The zero-order chi connectivity index (χ0) is 27.6. The van der Waals surface area contributed by atoms with E-state index < -0.39 is 23.2 Å². The SMILES string of the molecule is COc1cc2c(c(OC)n1)[C@]1(O)[C@H](O)[C@H](CN(C)C)[C@@H](c3ccccc3)[C@]1(c1ccc(C3(C)COC3)cc1)O2. The van der Waals surface area contributed by atoms with Crippen molar-refractivity contribution in [2.24, 2.45) is 5.92 Å². The van der Waals surface area contributed by atoms with Gasteiger partial charge in [-0.05, 0) is 30.8 Å². The lowest BCUT2D eigenvalue weighted by Gasteiger charge is -2.42. The Balaban J connectivity index is 1.63. The van der Waals surface area contributed by atoms with Crippen LogP contribution in [0, 0.1) is 5.92 Å². The molecule has 3 aromatic rings. The summed E-state index contributed by atoms with van der Waals surface area (Å²) in [6.07, 6.45) is -1.19. The van der Waals surface area contributed by atoms with Gasteiger partial charge in [0.05, 0.1) is 39.1 Å². The van der Waals surface area contributed by atoms with E-state index in [2.05, 4.69) is 24.0 Å². The minimum Gasteiger partial charge on any atom is -0.481 e. The molecular weight excluding hydrogens is 496 g/mol. The zero-order valence-electron chi connectivity index (χ0n) is 23.0. The molecule has 3 heterocycles. The molecule has 206 valence electrons. The Morgan fingerprint density at radius 2 is 1.67 bits per heavy atom. The molecule has 2 aliphatic heterocycles. The summed E-state index contributed by atoms with van der Waals surface area (Å²) in [5, 5.41) is 25.1. The topological polar surface area (TPSA) is 93.5 Å². The van der Waals surface area contributed by atoms with Gasteiger partial charge in [0.1, 0.15) is 5.75 Å². The first-order chi connectivity index (χ1) is 18.7. The number of hydrogen-bond acceptors (Lipinski definition) is 8. The lowest BCUT2D eigenvalue weighted by atomic mass is 9.70. The first-order valence-corrected chi connectivity index (χ1v) is 13.3. The molecule has 1 aliphatic carbocycles. The number of ether oxygens (including phenoxy) is 4. The Bertz CT molecular complexity index is 1360. The van der Waals surface area contributed by atoms with E-state index in [-0.39, 0.29) is 17.2 Å². The lowest BCUT2D eigenvalue weighted by molar-refractivity contribution is -0.152. The van der Waals surface area contributed by atoms with E-state index in [0.717, 1.165) is 16.7 Å². The predicted molar refractivity (Wildman–Crippen MR) is 145 cm³/mol. The average Bonchev–Trinajstić information content (AvgIpc) is 3.29. The maximum Gasteiger partial charge on any atom is 0.226 e. The Hall–Kier alpha value is -3.17. The largest absolute Gasteiger partial charge is 0.481 e. The Labute approximate surface area is 229 Å². The molecule has 3 aliphatic rings. The Kier molecular flexibility index (Phi) is 6.15. The highest BCUT2D eigenvalue weighted by molar-refractivity contribution is 5.60. The fraction of sp³-hybridized carbons (Fsp3) is 0.452. The molecule has 0 amide bonds. The molecule has 1 aromatic heterocycles. The van der Waals surface area contributed by atoms with Crippen LogP contribution in [0.2, 0.25) is 0 Å². The molecule has 39 heavy (non-hydrogen) atoms. The standard InChI is InChI=1S/C31H36N2O6/c1-29(17-38-18-29)20-11-13-21(14-12-20)31-25(19-9-7-6-8-10-19)22(16-33(2)3)27(34)30(31,35)26-23(39-31)15-24(36-4)32-28(26)37-5/h6-15,22,25,27,34-35H,16-18H2,1-5H3/t22-,25-,27-,30+,31+/m1/s1. The molecule has 5 atom stereocenters. The monoisotopic (exact) mass is 532 g/mol. The molecule has 6 rings (SSSR count). The zero-order valence-corrected chi connectivity index (χ0v) is 23.0. The van der Waals surface area contributed by atoms with Gasteiger partial charge in [0.15, 0.2) is 11.2 Å². The number of pyridine rings is 1. The van der Waals surface area contributed by atoms with Crippen molar-refractivity contribution in [3.05, 3.63) is 82.9 Å².